The molecule has 23 heavy (non-hydrogen) atoms. The molecule has 2 aromatic carbocycles. The van der Waals surface area contributed by atoms with Gasteiger partial charge in [-0.3, -0.25) is 19.7 Å². The summed E-state index contributed by atoms with van der Waals surface area (Å²) in [4.78, 5) is 33.6. The van der Waals surface area contributed by atoms with Gasteiger partial charge in [0.05, 0.1) is 11.3 Å². The molecule has 0 fully saturated rings. The fraction of sp³-hybridized carbons (Fsp3) is 0.0588. The van der Waals surface area contributed by atoms with Crippen LogP contribution in [0.3, 0.4) is 0 Å². The van der Waals surface area contributed by atoms with E-state index in [-0.39, 0.29) is 17.9 Å². The number of rotatable bonds is 6. The highest BCUT2D eigenvalue weighted by molar-refractivity contribution is 6.09. The summed E-state index contributed by atoms with van der Waals surface area (Å²) in [7, 11) is 0. The van der Waals surface area contributed by atoms with Crippen molar-refractivity contribution < 1.29 is 14.5 Å². The second-order valence-corrected chi connectivity index (χ2v) is 4.74. The normalized spacial score (nSPS) is 10.4. The van der Waals surface area contributed by atoms with Gasteiger partial charge in [-0.1, -0.05) is 36.4 Å². The average Bonchev–Trinajstić information content (AvgIpc) is 2.54. The van der Waals surface area contributed by atoms with Crippen LogP contribution in [0.15, 0.2) is 60.7 Å². The second kappa shape index (κ2) is 7.65. The number of anilines is 1. The molecule has 6 nitrogen and oxygen atoms in total. The molecule has 0 unspecified atom stereocenters. The van der Waals surface area contributed by atoms with E-state index in [0.29, 0.717) is 11.3 Å². The van der Waals surface area contributed by atoms with Crippen molar-refractivity contribution >= 4 is 29.1 Å². The molecule has 0 aromatic heterocycles. The summed E-state index contributed by atoms with van der Waals surface area (Å²) in [5.41, 5.74) is 1.09. The molecule has 0 saturated carbocycles. The van der Waals surface area contributed by atoms with Gasteiger partial charge in [-0.15, -0.1) is 0 Å². The minimum absolute atomic E-state index is 0.0542. The molecule has 0 saturated heterocycles. The maximum atomic E-state index is 11.8. The van der Waals surface area contributed by atoms with Gasteiger partial charge in [0.25, 0.3) is 5.69 Å². The number of nitrogens with zero attached hydrogens (tertiary/aromatic N) is 1. The lowest BCUT2D eigenvalue weighted by atomic mass is 10.1. The summed E-state index contributed by atoms with van der Waals surface area (Å²) in [6, 6.07) is 14.7. The molecule has 2 aromatic rings. The molecule has 0 radical (unpaired) electrons. The lowest BCUT2D eigenvalue weighted by Crippen LogP contribution is -2.15. The SMILES string of the molecule is O=C(C=Cc1cccc([N+](=O)[O-])c1)CC(=O)Nc1ccccc1. The first-order chi connectivity index (χ1) is 11.0. The van der Waals surface area contributed by atoms with Crippen LogP contribution in [-0.2, 0) is 9.59 Å². The number of allylic oxidation sites excluding steroid dienone is 1. The Bertz CT molecular complexity index is 754. The Morgan fingerprint density at radius 3 is 2.52 bits per heavy atom. The van der Waals surface area contributed by atoms with E-state index in [0.717, 1.165) is 0 Å². The summed E-state index contributed by atoms with van der Waals surface area (Å²) < 4.78 is 0. The van der Waals surface area contributed by atoms with Gasteiger partial charge in [-0.05, 0) is 23.8 Å². The van der Waals surface area contributed by atoms with E-state index in [1.54, 1.807) is 30.3 Å². The zero-order chi connectivity index (χ0) is 16.7. The molecule has 0 aliphatic rings. The van der Waals surface area contributed by atoms with Gasteiger partial charge < -0.3 is 5.32 Å². The molecule has 116 valence electrons. The fourth-order valence-corrected chi connectivity index (χ4v) is 1.88. The Morgan fingerprint density at radius 2 is 1.83 bits per heavy atom. The third-order valence-corrected chi connectivity index (χ3v) is 2.94. The molecule has 0 atom stereocenters. The van der Waals surface area contributed by atoms with Crippen LogP contribution >= 0.6 is 0 Å². The lowest BCUT2D eigenvalue weighted by Gasteiger charge is -2.02. The number of ketones is 1. The van der Waals surface area contributed by atoms with Crippen LogP contribution in [0.1, 0.15) is 12.0 Å². The summed E-state index contributed by atoms with van der Waals surface area (Å²) in [6.45, 7) is 0. The highest BCUT2D eigenvalue weighted by Crippen LogP contribution is 2.14. The molecule has 0 bridgehead atoms. The predicted molar refractivity (Wildman–Crippen MR) is 86.8 cm³/mol. The van der Waals surface area contributed by atoms with Crippen LogP contribution in [0.4, 0.5) is 11.4 Å². The Kier molecular flexibility index (Phi) is 5.35. The van der Waals surface area contributed by atoms with Crippen molar-refractivity contribution in [1.82, 2.24) is 0 Å². The van der Waals surface area contributed by atoms with Crippen molar-refractivity contribution in [2.75, 3.05) is 5.32 Å². The number of amides is 1. The molecular weight excluding hydrogens is 296 g/mol. The van der Waals surface area contributed by atoms with E-state index < -0.39 is 10.8 Å². The van der Waals surface area contributed by atoms with Crippen LogP contribution < -0.4 is 5.32 Å². The van der Waals surface area contributed by atoms with Crippen molar-refractivity contribution in [3.8, 4) is 0 Å². The zero-order valence-corrected chi connectivity index (χ0v) is 12.1. The lowest BCUT2D eigenvalue weighted by molar-refractivity contribution is -0.384. The molecular formula is C17H14N2O4. The van der Waals surface area contributed by atoms with Gasteiger partial charge in [-0.25, -0.2) is 0 Å². The van der Waals surface area contributed by atoms with Gasteiger partial charge >= 0.3 is 0 Å². The number of nitrogens with one attached hydrogen (secondary N) is 1. The van der Waals surface area contributed by atoms with Crippen LogP contribution in [0.25, 0.3) is 6.08 Å². The molecule has 1 amide bonds. The minimum Gasteiger partial charge on any atom is -0.326 e. The topological polar surface area (TPSA) is 89.3 Å². The van der Waals surface area contributed by atoms with Crippen LogP contribution in [0.2, 0.25) is 0 Å². The maximum Gasteiger partial charge on any atom is 0.270 e. The van der Waals surface area contributed by atoms with E-state index in [1.165, 1.54) is 30.4 Å². The number of carbonyl (C=O) groups excluding carboxylic acids is 2. The van der Waals surface area contributed by atoms with E-state index >= 15 is 0 Å². The highest BCUT2D eigenvalue weighted by Gasteiger charge is 2.08. The molecule has 1 N–H and O–H groups in total. The number of carbonyl (C=O) groups is 2. The van der Waals surface area contributed by atoms with Crippen molar-refractivity contribution in [3.63, 3.8) is 0 Å². The minimum atomic E-state index is -0.507. The third kappa shape index (κ3) is 5.20. The number of non-ortho nitro benzene ring substituents is 1. The van der Waals surface area contributed by atoms with Crippen molar-refractivity contribution in [1.29, 1.82) is 0 Å². The standard InChI is InChI=1S/C17H14N2O4/c20-16(12-17(21)18-14-6-2-1-3-7-14)10-9-13-5-4-8-15(11-13)19(22)23/h1-11H,12H2,(H,18,21). The van der Waals surface area contributed by atoms with Gasteiger partial charge in [0, 0.05) is 17.8 Å². The highest BCUT2D eigenvalue weighted by atomic mass is 16.6. The fourth-order valence-electron chi connectivity index (χ4n) is 1.88. The van der Waals surface area contributed by atoms with Gasteiger partial charge in [0.1, 0.15) is 0 Å². The molecule has 0 spiro atoms. The second-order valence-electron chi connectivity index (χ2n) is 4.74. The van der Waals surface area contributed by atoms with E-state index in [1.807, 2.05) is 6.07 Å². The number of para-hydroxylation sites is 1. The Labute approximate surface area is 132 Å². The quantitative estimate of drug-likeness (QED) is 0.384. The summed E-state index contributed by atoms with van der Waals surface area (Å²) >= 11 is 0. The van der Waals surface area contributed by atoms with Crippen LogP contribution in [0, 0.1) is 10.1 Å². The maximum absolute atomic E-state index is 11.8. The first kappa shape index (κ1) is 16.1. The Morgan fingerprint density at radius 1 is 1.09 bits per heavy atom. The van der Waals surface area contributed by atoms with E-state index in [4.69, 9.17) is 0 Å². The molecule has 0 aliphatic heterocycles. The Hall–Kier alpha value is -3.28. The van der Waals surface area contributed by atoms with E-state index in [9.17, 15) is 19.7 Å². The smallest absolute Gasteiger partial charge is 0.270 e. The summed E-state index contributed by atoms with van der Waals surface area (Å²) in [6.07, 6.45) is 2.40. The third-order valence-electron chi connectivity index (χ3n) is 2.94. The predicted octanol–water partition coefficient (Wildman–Crippen LogP) is 3.21. The first-order valence-electron chi connectivity index (χ1n) is 6.85. The Balaban J connectivity index is 1.92. The van der Waals surface area contributed by atoms with E-state index in [2.05, 4.69) is 5.32 Å². The van der Waals surface area contributed by atoms with Crippen molar-refractivity contribution in [3.05, 3.63) is 76.4 Å². The summed E-state index contributed by atoms with van der Waals surface area (Å²) in [5, 5.41) is 13.3. The van der Waals surface area contributed by atoms with Crippen LogP contribution in [-0.4, -0.2) is 16.6 Å². The number of hydrogen-bond donors (Lipinski definition) is 1. The largest absolute Gasteiger partial charge is 0.326 e. The molecule has 0 heterocycles. The van der Waals surface area contributed by atoms with Gasteiger partial charge in [0.15, 0.2) is 5.78 Å². The average molecular weight is 310 g/mol. The number of nitro benzene ring substituents is 1. The number of benzene rings is 2. The molecule has 2 rings (SSSR count). The molecule has 6 heteroatoms. The van der Waals surface area contributed by atoms with Crippen molar-refractivity contribution in [2.24, 2.45) is 0 Å². The first-order valence-corrected chi connectivity index (χ1v) is 6.85. The monoisotopic (exact) mass is 310 g/mol. The number of nitro groups is 1. The number of hydrogen-bond acceptors (Lipinski definition) is 4. The summed E-state index contributed by atoms with van der Waals surface area (Å²) in [5.74, 6) is -0.796. The zero-order valence-electron chi connectivity index (χ0n) is 12.1. The van der Waals surface area contributed by atoms with Gasteiger partial charge in [-0.2, -0.15) is 0 Å². The molecule has 0 aliphatic carbocycles. The van der Waals surface area contributed by atoms with Crippen LogP contribution in [0.5, 0.6) is 0 Å². The van der Waals surface area contributed by atoms with Gasteiger partial charge in [0.2, 0.25) is 5.91 Å². The van der Waals surface area contributed by atoms with Crippen molar-refractivity contribution in [2.45, 2.75) is 6.42 Å².